The summed E-state index contributed by atoms with van der Waals surface area (Å²) < 4.78 is 39.4. The summed E-state index contributed by atoms with van der Waals surface area (Å²) in [6.07, 6.45) is -0.806. The maximum absolute atomic E-state index is 13.1. The van der Waals surface area contributed by atoms with Crippen LogP contribution in [0.2, 0.25) is 0 Å². The number of aromatic nitrogens is 1. The van der Waals surface area contributed by atoms with E-state index in [9.17, 15) is 18.3 Å². The molecule has 1 aliphatic rings. The van der Waals surface area contributed by atoms with Crippen LogP contribution in [0.25, 0.3) is 11.1 Å². The van der Waals surface area contributed by atoms with Crippen molar-refractivity contribution in [3.05, 3.63) is 89.2 Å². The van der Waals surface area contributed by atoms with Gasteiger partial charge in [0.25, 0.3) is 0 Å². The van der Waals surface area contributed by atoms with Crippen LogP contribution in [0, 0.1) is 6.92 Å². The zero-order valence-corrected chi connectivity index (χ0v) is 21.7. The topological polar surface area (TPSA) is 73.7 Å². The van der Waals surface area contributed by atoms with E-state index in [-0.39, 0.29) is 11.7 Å². The van der Waals surface area contributed by atoms with Gasteiger partial charge in [-0.05, 0) is 66.3 Å². The molecule has 0 aliphatic carbocycles. The summed E-state index contributed by atoms with van der Waals surface area (Å²) in [5, 5.41) is 9.90. The number of benzene rings is 2. The van der Waals surface area contributed by atoms with Gasteiger partial charge in [-0.3, -0.25) is 14.8 Å². The van der Waals surface area contributed by atoms with E-state index < -0.39 is 11.8 Å². The van der Waals surface area contributed by atoms with Crippen molar-refractivity contribution >= 4 is 6.15 Å². The Bertz CT molecular complexity index is 1230. The number of rotatable bonds is 6. The van der Waals surface area contributed by atoms with E-state index in [1.807, 2.05) is 25.4 Å². The molecule has 0 bridgehead atoms. The van der Waals surface area contributed by atoms with Crippen molar-refractivity contribution < 1.29 is 27.9 Å². The molecule has 1 aliphatic heterocycles. The highest BCUT2D eigenvalue weighted by molar-refractivity contribution is 5.68. The molecule has 1 aromatic heterocycles. The molecule has 1 N–H and O–H groups in total. The van der Waals surface area contributed by atoms with Crippen molar-refractivity contribution in [1.82, 2.24) is 14.8 Å². The first-order chi connectivity index (χ1) is 18.0. The Morgan fingerprint density at radius 2 is 1.61 bits per heavy atom. The Kier molecular flexibility index (Phi) is 9.57. The molecular formula is C29H32F3N3O3. The van der Waals surface area contributed by atoms with Crippen molar-refractivity contribution in [2.75, 3.05) is 19.6 Å². The molecule has 4 rings (SSSR count). The minimum atomic E-state index is -4.73. The van der Waals surface area contributed by atoms with Gasteiger partial charge in [0, 0.05) is 51.2 Å². The van der Waals surface area contributed by atoms with Crippen LogP contribution in [0.3, 0.4) is 0 Å². The van der Waals surface area contributed by atoms with Crippen LogP contribution >= 0.6 is 0 Å². The van der Waals surface area contributed by atoms with Crippen molar-refractivity contribution in [3.8, 4) is 11.1 Å². The number of carbonyl (C=O) groups excluding carboxylic acids is 2. The summed E-state index contributed by atoms with van der Waals surface area (Å²) in [4.78, 5) is 25.3. The molecule has 202 valence electrons. The van der Waals surface area contributed by atoms with Crippen LogP contribution in [0.15, 0.2) is 67.0 Å². The third-order valence-corrected chi connectivity index (χ3v) is 6.99. The number of halogens is 3. The highest BCUT2D eigenvalue weighted by Crippen LogP contribution is 2.39. The molecule has 0 spiro atoms. The molecule has 1 unspecified atom stereocenters. The molecule has 9 heteroatoms. The zero-order chi connectivity index (χ0) is 27.9. The Hall–Kier alpha value is -3.36. The van der Waals surface area contributed by atoms with E-state index >= 15 is 0 Å². The molecule has 3 aromatic rings. The number of pyridine rings is 1. The second-order valence-corrected chi connectivity index (χ2v) is 9.79. The Balaban J connectivity index is 0.00000127. The molecule has 38 heavy (non-hydrogen) atoms. The summed E-state index contributed by atoms with van der Waals surface area (Å²) in [5.74, 6) is 0. The van der Waals surface area contributed by atoms with Crippen LogP contribution in [0.1, 0.15) is 36.1 Å². The molecule has 2 atom stereocenters. The molecule has 0 saturated carbocycles. The van der Waals surface area contributed by atoms with Crippen molar-refractivity contribution in [2.24, 2.45) is 0 Å². The van der Waals surface area contributed by atoms with Gasteiger partial charge in [-0.1, -0.05) is 42.5 Å². The third kappa shape index (κ3) is 7.14. The lowest BCUT2D eigenvalue weighted by Gasteiger charge is -2.40. The number of aliphatic hydroxyl groups is 1. The first-order valence-corrected chi connectivity index (χ1v) is 12.3. The van der Waals surface area contributed by atoms with Gasteiger partial charge in [-0.25, -0.2) is 0 Å². The van der Waals surface area contributed by atoms with Gasteiger partial charge in [-0.2, -0.15) is 22.8 Å². The van der Waals surface area contributed by atoms with Crippen LogP contribution in [-0.4, -0.2) is 57.9 Å². The summed E-state index contributed by atoms with van der Waals surface area (Å²) >= 11 is 0. The SMILES string of the molecule is Cc1cc(CN2CCN(Cc3ccncc3)[C@@H](C)C2)ccc1-c1ccc(C(C)(O)C(F)(F)F)cc1.O=C=O. The van der Waals surface area contributed by atoms with Crippen molar-refractivity contribution in [3.63, 3.8) is 0 Å². The highest BCUT2D eigenvalue weighted by atomic mass is 19.4. The number of hydrogen-bond donors (Lipinski definition) is 1. The van der Waals surface area contributed by atoms with Gasteiger partial charge in [0.05, 0.1) is 0 Å². The van der Waals surface area contributed by atoms with Crippen molar-refractivity contribution in [2.45, 2.75) is 51.7 Å². The lowest BCUT2D eigenvalue weighted by molar-refractivity contribution is -0.258. The second kappa shape index (κ2) is 12.5. The Labute approximate surface area is 220 Å². The predicted molar refractivity (Wildman–Crippen MR) is 137 cm³/mol. The average Bonchev–Trinajstić information content (AvgIpc) is 2.86. The normalized spacial score (nSPS) is 18.1. The fourth-order valence-corrected chi connectivity index (χ4v) is 4.72. The van der Waals surface area contributed by atoms with Crippen LogP contribution < -0.4 is 0 Å². The van der Waals surface area contributed by atoms with Crippen LogP contribution in [0.4, 0.5) is 13.2 Å². The maximum atomic E-state index is 13.1. The second-order valence-electron chi connectivity index (χ2n) is 9.79. The lowest BCUT2D eigenvalue weighted by atomic mass is 9.92. The monoisotopic (exact) mass is 527 g/mol. The first kappa shape index (κ1) is 29.2. The van der Waals surface area contributed by atoms with Gasteiger partial charge >= 0.3 is 12.3 Å². The largest absolute Gasteiger partial charge is 0.421 e. The fourth-order valence-electron chi connectivity index (χ4n) is 4.72. The molecule has 0 amide bonds. The molecule has 6 nitrogen and oxygen atoms in total. The van der Waals surface area contributed by atoms with Gasteiger partial charge in [0.1, 0.15) is 0 Å². The summed E-state index contributed by atoms with van der Waals surface area (Å²) in [6, 6.07) is 16.8. The molecule has 2 heterocycles. The quantitative estimate of drug-likeness (QED) is 0.489. The Morgan fingerprint density at radius 1 is 0.974 bits per heavy atom. The number of aryl methyl sites for hydroxylation is 1. The number of piperazine rings is 1. The number of alkyl halides is 3. The van der Waals surface area contributed by atoms with E-state index in [1.54, 1.807) is 12.1 Å². The van der Waals surface area contributed by atoms with Gasteiger partial charge in [0.15, 0.2) is 5.60 Å². The molecule has 0 radical (unpaired) electrons. The van der Waals surface area contributed by atoms with E-state index in [2.05, 4.69) is 46.0 Å². The standard InChI is InChI=1S/C28H32F3N3O.CO2/c1-20-16-23(18-33-14-15-34(21(2)17-33)19-22-10-12-32-13-11-22)4-9-26(20)24-5-7-25(8-6-24)27(3,35)28(29,30)31;2-1-3/h4-13,16,21,35H,14-15,17-19H2,1-3H3;/t21-,27?;/m0./s1. The van der Waals surface area contributed by atoms with Gasteiger partial charge in [-0.15, -0.1) is 0 Å². The Morgan fingerprint density at radius 3 is 2.16 bits per heavy atom. The first-order valence-electron chi connectivity index (χ1n) is 12.3. The number of nitrogens with zero attached hydrogens (tertiary/aromatic N) is 3. The third-order valence-electron chi connectivity index (χ3n) is 6.99. The zero-order valence-electron chi connectivity index (χ0n) is 21.7. The summed E-state index contributed by atoms with van der Waals surface area (Å²) in [7, 11) is 0. The average molecular weight is 528 g/mol. The highest BCUT2D eigenvalue weighted by Gasteiger charge is 2.51. The van der Waals surface area contributed by atoms with E-state index in [1.165, 1.54) is 23.3 Å². The van der Waals surface area contributed by atoms with E-state index in [4.69, 9.17) is 9.59 Å². The van der Waals surface area contributed by atoms with E-state index in [0.29, 0.717) is 6.04 Å². The predicted octanol–water partition coefficient (Wildman–Crippen LogP) is 4.95. The lowest BCUT2D eigenvalue weighted by Crippen LogP contribution is -2.50. The maximum Gasteiger partial charge on any atom is 0.421 e. The smallest absolute Gasteiger partial charge is 0.376 e. The summed E-state index contributed by atoms with van der Waals surface area (Å²) in [6.45, 7) is 9.86. The van der Waals surface area contributed by atoms with Gasteiger partial charge in [0.2, 0.25) is 0 Å². The van der Waals surface area contributed by atoms with Crippen molar-refractivity contribution in [1.29, 1.82) is 0 Å². The molecular weight excluding hydrogens is 495 g/mol. The minimum Gasteiger partial charge on any atom is -0.376 e. The van der Waals surface area contributed by atoms with Crippen LogP contribution in [-0.2, 0) is 28.3 Å². The van der Waals surface area contributed by atoms with E-state index in [0.717, 1.165) is 56.3 Å². The van der Waals surface area contributed by atoms with Crippen LogP contribution in [0.5, 0.6) is 0 Å². The number of hydrogen-bond acceptors (Lipinski definition) is 6. The molecule has 1 saturated heterocycles. The molecule has 1 fully saturated rings. The summed E-state index contributed by atoms with van der Waals surface area (Å²) in [5.41, 5.74) is 2.34. The van der Waals surface area contributed by atoms with Gasteiger partial charge < -0.3 is 5.11 Å². The fraction of sp³-hybridized carbons (Fsp3) is 0.379. The molecule has 2 aromatic carbocycles. The minimum absolute atomic E-state index is 0.166.